The molecule has 0 fully saturated rings. The molecule has 7 nitrogen and oxygen atoms in total. The fourth-order valence-electron chi connectivity index (χ4n) is 3.66. The van der Waals surface area contributed by atoms with Crippen molar-refractivity contribution >= 4 is 35.1 Å². The summed E-state index contributed by atoms with van der Waals surface area (Å²) < 4.78 is 11.0. The molecule has 0 spiro atoms. The van der Waals surface area contributed by atoms with Crippen molar-refractivity contribution in [1.29, 1.82) is 0 Å². The molecule has 2 aromatic carbocycles. The van der Waals surface area contributed by atoms with Crippen LogP contribution in [-0.2, 0) is 10.5 Å². The van der Waals surface area contributed by atoms with Crippen LogP contribution in [-0.4, -0.2) is 29.6 Å². The van der Waals surface area contributed by atoms with Gasteiger partial charge in [0.05, 0.1) is 19.3 Å². The quantitative estimate of drug-likeness (QED) is 0.386. The van der Waals surface area contributed by atoms with Gasteiger partial charge in [0, 0.05) is 23.1 Å². The van der Waals surface area contributed by atoms with Crippen molar-refractivity contribution in [2.75, 3.05) is 19.0 Å². The van der Waals surface area contributed by atoms with E-state index in [0.717, 1.165) is 11.1 Å². The number of nitrogens with zero attached hydrogens (tertiary/aromatic N) is 1. The Morgan fingerprint density at radius 2 is 2.03 bits per heavy atom. The SMILES string of the molecule is CCOc1ccc(C2CC(=O)Nc3nc(SCc4cccc(Cl)c4)[nH]c(=O)c32)cc1OC. The van der Waals surface area contributed by atoms with Crippen molar-refractivity contribution in [2.24, 2.45) is 0 Å². The molecule has 1 atom stereocenters. The third-order valence-electron chi connectivity index (χ3n) is 5.08. The molecule has 0 saturated heterocycles. The number of fused-ring (bicyclic) bond motifs is 1. The van der Waals surface area contributed by atoms with Crippen LogP contribution in [0, 0.1) is 0 Å². The zero-order valence-corrected chi connectivity index (χ0v) is 19.2. The molecule has 1 unspecified atom stereocenters. The van der Waals surface area contributed by atoms with Gasteiger partial charge in [-0.15, -0.1) is 0 Å². The van der Waals surface area contributed by atoms with E-state index < -0.39 is 5.92 Å². The molecule has 166 valence electrons. The zero-order valence-electron chi connectivity index (χ0n) is 17.6. The van der Waals surface area contributed by atoms with Gasteiger partial charge in [-0.2, -0.15) is 0 Å². The Bertz CT molecular complexity index is 1210. The number of H-pyrrole nitrogens is 1. The molecule has 2 heterocycles. The Kier molecular flexibility index (Phi) is 6.72. The Labute approximate surface area is 194 Å². The van der Waals surface area contributed by atoms with E-state index in [9.17, 15) is 9.59 Å². The molecule has 9 heteroatoms. The van der Waals surface area contributed by atoms with Crippen LogP contribution in [0.2, 0.25) is 5.02 Å². The lowest BCUT2D eigenvalue weighted by Gasteiger charge is -2.25. The number of methoxy groups -OCH3 is 1. The third-order valence-corrected chi connectivity index (χ3v) is 6.26. The van der Waals surface area contributed by atoms with Crippen LogP contribution in [0.4, 0.5) is 5.82 Å². The molecule has 1 amide bonds. The summed E-state index contributed by atoms with van der Waals surface area (Å²) in [5.41, 5.74) is 1.95. The van der Waals surface area contributed by atoms with E-state index in [4.69, 9.17) is 21.1 Å². The van der Waals surface area contributed by atoms with Gasteiger partial charge in [0.1, 0.15) is 5.82 Å². The summed E-state index contributed by atoms with van der Waals surface area (Å²) in [6, 6.07) is 12.9. The average molecular weight is 472 g/mol. The maximum atomic E-state index is 13.0. The summed E-state index contributed by atoms with van der Waals surface area (Å²) in [7, 11) is 1.56. The van der Waals surface area contributed by atoms with Gasteiger partial charge in [0.2, 0.25) is 5.91 Å². The van der Waals surface area contributed by atoms with Crippen molar-refractivity contribution in [3.05, 3.63) is 74.5 Å². The normalized spacial score (nSPS) is 15.1. The minimum Gasteiger partial charge on any atom is -0.493 e. The molecule has 0 aliphatic carbocycles. The number of aromatic amines is 1. The zero-order chi connectivity index (χ0) is 22.7. The van der Waals surface area contributed by atoms with Gasteiger partial charge in [-0.1, -0.05) is 41.6 Å². The largest absolute Gasteiger partial charge is 0.493 e. The first-order chi connectivity index (χ1) is 15.5. The minimum absolute atomic E-state index is 0.143. The molecule has 0 radical (unpaired) electrons. The second kappa shape index (κ2) is 9.67. The highest BCUT2D eigenvalue weighted by Crippen LogP contribution is 2.38. The Morgan fingerprint density at radius 1 is 1.19 bits per heavy atom. The van der Waals surface area contributed by atoms with Crippen molar-refractivity contribution in [1.82, 2.24) is 9.97 Å². The van der Waals surface area contributed by atoms with Gasteiger partial charge in [-0.3, -0.25) is 9.59 Å². The fourth-order valence-corrected chi connectivity index (χ4v) is 4.67. The van der Waals surface area contributed by atoms with Gasteiger partial charge >= 0.3 is 0 Å². The number of anilines is 1. The molecule has 0 bridgehead atoms. The fraction of sp³-hybridized carbons (Fsp3) is 0.261. The molecule has 4 rings (SSSR count). The third kappa shape index (κ3) is 4.76. The Hall–Kier alpha value is -2.97. The molecule has 0 saturated carbocycles. The first-order valence-corrected chi connectivity index (χ1v) is 11.5. The molecule has 1 aliphatic rings. The van der Waals surface area contributed by atoms with Crippen molar-refractivity contribution in [2.45, 2.75) is 30.2 Å². The van der Waals surface area contributed by atoms with Crippen molar-refractivity contribution in [3.63, 3.8) is 0 Å². The second-order valence-electron chi connectivity index (χ2n) is 7.20. The van der Waals surface area contributed by atoms with E-state index >= 15 is 0 Å². The van der Waals surface area contributed by atoms with Gasteiger partial charge < -0.3 is 19.8 Å². The van der Waals surface area contributed by atoms with Crippen LogP contribution in [0.5, 0.6) is 11.5 Å². The summed E-state index contributed by atoms with van der Waals surface area (Å²) in [6.45, 7) is 2.39. The van der Waals surface area contributed by atoms with Crippen LogP contribution < -0.4 is 20.3 Å². The molecular formula is C23H22ClN3O4S. The van der Waals surface area contributed by atoms with Crippen LogP contribution in [0.1, 0.15) is 36.0 Å². The number of nitrogens with one attached hydrogen (secondary N) is 2. The van der Waals surface area contributed by atoms with E-state index in [1.54, 1.807) is 25.3 Å². The predicted octanol–water partition coefficient (Wildman–Crippen LogP) is 4.60. The number of aromatic nitrogens is 2. The first kappa shape index (κ1) is 22.2. The van der Waals surface area contributed by atoms with E-state index in [1.807, 2.05) is 31.2 Å². The number of carbonyl (C=O) groups is 1. The van der Waals surface area contributed by atoms with Gasteiger partial charge in [-0.05, 0) is 42.3 Å². The Balaban J connectivity index is 1.65. The summed E-state index contributed by atoms with van der Waals surface area (Å²) in [5, 5.41) is 3.83. The standard InChI is InChI=1S/C23H22ClN3O4S/c1-3-31-17-8-7-14(10-18(17)30-2)16-11-19(28)25-21-20(16)22(29)27-23(26-21)32-12-13-5-4-6-15(24)9-13/h4-10,16H,3,11-12H2,1-2H3,(H2,25,26,27,28,29). The number of amides is 1. The van der Waals surface area contributed by atoms with E-state index in [2.05, 4.69) is 15.3 Å². The Morgan fingerprint density at radius 3 is 2.78 bits per heavy atom. The number of carbonyl (C=O) groups excluding carboxylic acids is 1. The predicted molar refractivity (Wildman–Crippen MR) is 125 cm³/mol. The van der Waals surface area contributed by atoms with E-state index in [1.165, 1.54) is 11.8 Å². The number of benzene rings is 2. The van der Waals surface area contributed by atoms with Crippen LogP contribution in [0.3, 0.4) is 0 Å². The number of thioether (sulfide) groups is 1. The molecular weight excluding hydrogens is 450 g/mol. The van der Waals surface area contributed by atoms with Gasteiger partial charge in [0.15, 0.2) is 16.7 Å². The molecule has 3 aromatic rings. The van der Waals surface area contributed by atoms with Gasteiger partial charge in [0.25, 0.3) is 5.56 Å². The highest BCUT2D eigenvalue weighted by molar-refractivity contribution is 7.98. The van der Waals surface area contributed by atoms with Crippen molar-refractivity contribution in [3.8, 4) is 11.5 Å². The van der Waals surface area contributed by atoms with Gasteiger partial charge in [-0.25, -0.2) is 4.98 Å². The smallest absolute Gasteiger partial charge is 0.257 e. The summed E-state index contributed by atoms with van der Waals surface area (Å²) >= 11 is 7.41. The number of rotatable bonds is 7. The highest BCUT2D eigenvalue weighted by Gasteiger charge is 2.31. The van der Waals surface area contributed by atoms with E-state index in [-0.39, 0.29) is 23.7 Å². The number of hydrogen-bond acceptors (Lipinski definition) is 6. The topological polar surface area (TPSA) is 93.3 Å². The molecule has 2 N–H and O–H groups in total. The van der Waals surface area contributed by atoms with Crippen molar-refractivity contribution < 1.29 is 14.3 Å². The summed E-state index contributed by atoms with van der Waals surface area (Å²) in [5.74, 6) is 1.40. The van der Waals surface area contributed by atoms with Crippen LogP contribution in [0.25, 0.3) is 0 Å². The lowest BCUT2D eigenvalue weighted by atomic mass is 9.86. The molecule has 1 aromatic heterocycles. The second-order valence-corrected chi connectivity index (χ2v) is 8.60. The molecule has 32 heavy (non-hydrogen) atoms. The number of hydrogen-bond donors (Lipinski definition) is 2. The maximum absolute atomic E-state index is 13.0. The minimum atomic E-state index is -0.438. The average Bonchev–Trinajstić information content (AvgIpc) is 2.77. The highest BCUT2D eigenvalue weighted by atomic mass is 35.5. The summed E-state index contributed by atoms with van der Waals surface area (Å²) in [6.07, 6.45) is 0.143. The maximum Gasteiger partial charge on any atom is 0.257 e. The monoisotopic (exact) mass is 471 g/mol. The summed E-state index contributed by atoms with van der Waals surface area (Å²) in [4.78, 5) is 32.8. The molecule has 1 aliphatic heterocycles. The van der Waals surface area contributed by atoms with E-state index in [0.29, 0.717) is 39.6 Å². The van der Waals surface area contributed by atoms with Crippen LogP contribution in [0.15, 0.2) is 52.4 Å². The first-order valence-electron chi connectivity index (χ1n) is 10.1. The number of ether oxygens (including phenoxy) is 2. The lowest BCUT2D eigenvalue weighted by molar-refractivity contribution is -0.116. The lowest BCUT2D eigenvalue weighted by Crippen LogP contribution is -2.31. The number of halogens is 1. The van der Waals surface area contributed by atoms with Crippen LogP contribution >= 0.6 is 23.4 Å².